The Bertz CT molecular complexity index is 774. The number of nitrogens with zero attached hydrogens (tertiary/aromatic N) is 1. The predicted octanol–water partition coefficient (Wildman–Crippen LogP) is 5.09. The number of likely N-dealkylation sites (tertiary alicyclic amines) is 1. The molecular weight excluding hydrogens is 355 g/mol. The predicted molar refractivity (Wildman–Crippen MR) is 95.6 cm³/mol. The van der Waals surface area contributed by atoms with Crippen LogP contribution in [0.4, 0.5) is 18.0 Å². The van der Waals surface area contributed by atoms with Crippen molar-refractivity contribution < 1.29 is 22.7 Å². The first-order valence-corrected chi connectivity index (χ1v) is 9.12. The van der Waals surface area contributed by atoms with Crippen LogP contribution >= 0.6 is 0 Å². The van der Waals surface area contributed by atoms with Crippen LogP contribution in [0.1, 0.15) is 30.4 Å². The maximum absolute atomic E-state index is 13.7. The van der Waals surface area contributed by atoms with Gasteiger partial charge in [0.05, 0.1) is 0 Å². The van der Waals surface area contributed by atoms with Gasteiger partial charge in [0, 0.05) is 19.2 Å². The quantitative estimate of drug-likeness (QED) is 0.680. The number of benzene rings is 2. The molecule has 1 aliphatic heterocycles. The van der Waals surface area contributed by atoms with Gasteiger partial charge in [-0.15, -0.1) is 0 Å². The first-order valence-electron chi connectivity index (χ1n) is 9.12. The van der Waals surface area contributed by atoms with Crippen LogP contribution in [0.5, 0.6) is 0 Å². The molecule has 0 radical (unpaired) electrons. The zero-order chi connectivity index (χ0) is 19.2. The second-order valence-electron chi connectivity index (χ2n) is 6.87. The molecule has 2 aromatic rings. The number of halogens is 3. The number of piperidine rings is 1. The highest BCUT2D eigenvalue weighted by Crippen LogP contribution is 2.24. The summed E-state index contributed by atoms with van der Waals surface area (Å²) in [4.78, 5) is 13.8. The van der Waals surface area contributed by atoms with Crippen LogP contribution in [-0.2, 0) is 17.8 Å². The Morgan fingerprint density at radius 1 is 1.00 bits per heavy atom. The first-order chi connectivity index (χ1) is 13.0. The lowest BCUT2D eigenvalue weighted by Crippen LogP contribution is -2.38. The fraction of sp³-hybridized carbons (Fsp3) is 0.381. The SMILES string of the molecule is O=C(OCc1ccccc1)N1CCC(CCc2cc(F)c(F)cc2F)CC1. The number of rotatable bonds is 5. The number of carbonyl (C=O) groups excluding carboxylic acids is 1. The smallest absolute Gasteiger partial charge is 0.410 e. The summed E-state index contributed by atoms with van der Waals surface area (Å²) < 4.78 is 45.3. The van der Waals surface area contributed by atoms with Crippen LogP contribution < -0.4 is 0 Å². The summed E-state index contributed by atoms with van der Waals surface area (Å²) in [7, 11) is 0. The Hall–Kier alpha value is -2.50. The summed E-state index contributed by atoms with van der Waals surface area (Å²) in [5.41, 5.74) is 1.13. The number of ether oxygens (including phenoxy) is 1. The third kappa shape index (κ3) is 5.25. The first kappa shape index (κ1) is 19.3. The minimum absolute atomic E-state index is 0.193. The van der Waals surface area contributed by atoms with Crippen LogP contribution in [0, 0.1) is 23.4 Å². The van der Waals surface area contributed by atoms with Crippen LogP contribution in [0.15, 0.2) is 42.5 Å². The summed E-state index contributed by atoms with van der Waals surface area (Å²) in [6, 6.07) is 11.0. The van der Waals surface area contributed by atoms with E-state index in [0.29, 0.717) is 37.9 Å². The Balaban J connectivity index is 1.42. The molecule has 1 saturated heterocycles. The number of amides is 1. The number of carbonyl (C=O) groups is 1. The second kappa shape index (κ2) is 8.93. The number of hydrogen-bond acceptors (Lipinski definition) is 2. The molecule has 3 rings (SSSR count). The van der Waals surface area contributed by atoms with E-state index in [1.54, 1.807) is 4.90 Å². The van der Waals surface area contributed by atoms with E-state index >= 15 is 0 Å². The zero-order valence-electron chi connectivity index (χ0n) is 15.0. The summed E-state index contributed by atoms with van der Waals surface area (Å²) in [5.74, 6) is -2.59. The topological polar surface area (TPSA) is 29.5 Å². The van der Waals surface area contributed by atoms with Crippen molar-refractivity contribution in [3.8, 4) is 0 Å². The lowest BCUT2D eigenvalue weighted by molar-refractivity contribution is 0.0815. The Morgan fingerprint density at radius 2 is 1.67 bits per heavy atom. The molecule has 0 saturated carbocycles. The molecular formula is C21H22F3NO2. The van der Waals surface area contributed by atoms with Crippen LogP contribution in [0.25, 0.3) is 0 Å². The molecule has 144 valence electrons. The van der Waals surface area contributed by atoms with Gasteiger partial charge in [-0.2, -0.15) is 0 Å². The Kier molecular flexibility index (Phi) is 6.37. The molecule has 0 atom stereocenters. The van der Waals surface area contributed by atoms with Crippen LogP contribution in [-0.4, -0.2) is 24.1 Å². The molecule has 27 heavy (non-hydrogen) atoms. The fourth-order valence-corrected chi connectivity index (χ4v) is 3.33. The third-order valence-corrected chi connectivity index (χ3v) is 4.99. The van der Waals surface area contributed by atoms with E-state index in [-0.39, 0.29) is 18.3 Å². The van der Waals surface area contributed by atoms with Crippen molar-refractivity contribution in [3.63, 3.8) is 0 Å². The van der Waals surface area contributed by atoms with Crippen molar-refractivity contribution in [2.24, 2.45) is 5.92 Å². The van der Waals surface area contributed by atoms with Gasteiger partial charge >= 0.3 is 6.09 Å². The molecule has 2 aromatic carbocycles. The van der Waals surface area contributed by atoms with E-state index in [0.717, 1.165) is 24.5 Å². The number of aryl methyl sites for hydroxylation is 1. The fourth-order valence-electron chi connectivity index (χ4n) is 3.33. The van der Waals surface area contributed by atoms with Crippen molar-refractivity contribution in [1.29, 1.82) is 0 Å². The molecule has 1 aliphatic rings. The summed E-state index contributed by atoms with van der Waals surface area (Å²) in [6.45, 7) is 1.41. The van der Waals surface area contributed by atoms with Crippen molar-refractivity contribution in [3.05, 3.63) is 71.0 Å². The third-order valence-electron chi connectivity index (χ3n) is 4.99. The molecule has 0 aromatic heterocycles. The van der Waals surface area contributed by atoms with Crippen molar-refractivity contribution in [2.45, 2.75) is 32.3 Å². The highest BCUT2D eigenvalue weighted by Gasteiger charge is 2.24. The van der Waals surface area contributed by atoms with Gasteiger partial charge in [0.1, 0.15) is 12.4 Å². The Labute approximate surface area is 156 Å². The van der Waals surface area contributed by atoms with E-state index in [2.05, 4.69) is 0 Å². The van der Waals surface area contributed by atoms with Gasteiger partial charge in [-0.05, 0) is 48.8 Å². The average Bonchev–Trinajstić information content (AvgIpc) is 2.69. The highest BCUT2D eigenvalue weighted by molar-refractivity contribution is 5.67. The average molecular weight is 377 g/mol. The van der Waals surface area contributed by atoms with Crippen molar-refractivity contribution in [1.82, 2.24) is 4.90 Å². The lowest BCUT2D eigenvalue weighted by Gasteiger charge is -2.31. The molecule has 3 nitrogen and oxygen atoms in total. The van der Waals surface area contributed by atoms with E-state index in [9.17, 15) is 18.0 Å². The molecule has 1 amide bonds. The highest BCUT2D eigenvalue weighted by atomic mass is 19.2. The minimum Gasteiger partial charge on any atom is -0.445 e. The summed E-state index contributed by atoms with van der Waals surface area (Å²) >= 11 is 0. The van der Waals surface area contributed by atoms with Gasteiger partial charge < -0.3 is 9.64 Å². The molecule has 1 fully saturated rings. The largest absolute Gasteiger partial charge is 0.445 e. The molecule has 0 N–H and O–H groups in total. The van der Waals surface area contributed by atoms with E-state index < -0.39 is 17.5 Å². The van der Waals surface area contributed by atoms with Crippen molar-refractivity contribution in [2.75, 3.05) is 13.1 Å². The molecule has 6 heteroatoms. The molecule has 1 heterocycles. The molecule has 0 bridgehead atoms. The normalized spacial score (nSPS) is 15.0. The van der Waals surface area contributed by atoms with Crippen LogP contribution in [0.3, 0.4) is 0 Å². The number of hydrogen-bond donors (Lipinski definition) is 0. The maximum atomic E-state index is 13.7. The van der Waals surface area contributed by atoms with Gasteiger partial charge in [-0.25, -0.2) is 18.0 Å². The van der Waals surface area contributed by atoms with Crippen LogP contribution in [0.2, 0.25) is 0 Å². The molecule has 0 unspecified atom stereocenters. The van der Waals surface area contributed by atoms with E-state index in [1.165, 1.54) is 0 Å². The van der Waals surface area contributed by atoms with Crippen molar-refractivity contribution >= 4 is 6.09 Å². The molecule has 0 spiro atoms. The lowest BCUT2D eigenvalue weighted by atomic mass is 9.90. The van der Waals surface area contributed by atoms with Gasteiger partial charge in [-0.3, -0.25) is 0 Å². The standard InChI is InChI=1S/C21H22F3NO2/c22-18-13-20(24)19(23)12-17(18)7-6-15-8-10-25(11-9-15)21(26)27-14-16-4-2-1-3-5-16/h1-5,12-13,15H,6-11,14H2. The van der Waals surface area contributed by atoms with E-state index in [1.807, 2.05) is 30.3 Å². The zero-order valence-corrected chi connectivity index (χ0v) is 15.0. The second-order valence-corrected chi connectivity index (χ2v) is 6.87. The van der Waals surface area contributed by atoms with Gasteiger partial charge in [-0.1, -0.05) is 30.3 Å². The van der Waals surface area contributed by atoms with Gasteiger partial charge in [0.25, 0.3) is 0 Å². The molecule has 0 aliphatic carbocycles. The van der Waals surface area contributed by atoms with E-state index in [4.69, 9.17) is 4.74 Å². The minimum atomic E-state index is -1.17. The summed E-state index contributed by atoms with van der Waals surface area (Å²) in [5, 5.41) is 0. The summed E-state index contributed by atoms with van der Waals surface area (Å²) in [6.07, 6.45) is 2.27. The maximum Gasteiger partial charge on any atom is 0.410 e. The van der Waals surface area contributed by atoms with Gasteiger partial charge in [0.15, 0.2) is 11.6 Å². The monoisotopic (exact) mass is 377 g/mol. The Morgan fingerprint density at radius 3 is 2.37 bits per heavy atom. The van der Waals surface area contributed by atoms with Gasteiger partial charge in [0.2, 0.25) is 0 Å².